The van der Waals surface area contributed by atoms with Gasteiger partial charge in [-0.3, -0.25) is 9.36 Å². The van der Waals surface area contributed by atoms with Gasteiger partial charge in [-0.25, -0.2) is 4.98 Å². The largest absolute Gasteiger partial charge is 0.486 e. The number of rotatable bonds is 11. The van der Waals surface area contributed by atoms with Gasteiger partial charge in [0.2, 0.25) is 5.91 Å². The minimum atomic E-state index is -0.401. The van der Waals surface area contributed by atoms with E-state index in [1.165, 1.54) is 28.7 Å². The number of allylic oxidation sites excluding steroid dienone is 1. The molecule has 2 aromatic heterocycles. The van der Waals surface area contributed by atoms with Crippen molar-refractivity contribution in [3.05, 3.63) is 84.0 Å². The Balaban J connectivity index is 1.38. The number of nitrogens with one attached hydrogen (secondary N) is 1. The maximum atomic E-state index is 12.8. The fraction of sp³-hybridized carbons (Fsp3) is 0.231. The van der Waals surface area contributed by atoms with Crippen molar-refractivity contribution in [1.82, 2.24) is 19.7 Å². The van der Waals surface area contributed by atoms with E-state index in [-0.39, 0.29) is 12.5 Å². The normalized spacial score (nSPS) is 11.7. The van der Waals surface area contributed by atoms with E-state index in [2.05, 4.69) is 46.1 Å². The zero-order chi connectivity index (χ0) is 24.6. The van der Waals surface area contributed by atoms with Gasteiger partial charge in [-0.1, -0.05) is 67.2 Å². The van der Waals surface area contributed by atoms with Crippen molar-refractivity contribution < 1.29 is 9.53 Å². The summed E-state index contributed by atoms with van der Waals surface area (Å²) >= 11 is 2.74. The van der Waals surface area contributed by atoms with Crippen molar-refractivity contribution in [3.63, 3.8) is 0 Å². The highest BCUT2D eigenvalue weighted by Crippen LogP contribution is 2.27. The second-order valence-electron chi connectivity index (χ2n) is 7.74. The van der Waals surface area contributed by atoms with Crippen LogP contribution in [0.1, 0.15) is 25.2 Å². The summed E-state index contributed by atoms with van der Waals surface area (Å²) in [4.78, 5) is 17.4. The molecule has 4 aromatic rings. The molecule has 0 spiro atoms. The molecule has 9 heteroatoms. The maximum Gasteiger partial charge on any atom is 0.239 e. The number of thioether (sulfide) groups is 1. The van der Waals surface area contributed by atoms with Crippen LogP contribution < -0.4 is 10.1 Å². The van der Waals surface area contributed by atoms with Gasteiger partial charge in [-0.2, -0.15) is 0 Å². The van der Waals surface area contributed by atoms with Gasteiger partial charge in [-0.05, 0) is 31.0 Å². The van der Waals surface area contributed by atoms with Crippen molar-refractivity contribution in [1.29, 1.82) is 0 Å². The van der Waals surface area contributed by atoms with Crippen LogP contribution in [0.25, 0.3) is 11.3 Å². The smallest absolute Gasteiger partial charge is 0.239 e. The molecule has 1 atom stereocenters. The lowest BCUT2D eigenvalue weighted by Gasteiger charge is -2.12. The zero-order valence-electron chi connectivity index (χ0n) is 19.7. The summed E-state index contributed by atoms with van der Waals surface area (Å²) in [5, 5.41) is 14.2. The van der Waals surface area contributed by atoms with Gasteiger partial charge in [-0.15, -0.1) is 28.1 Å². The van der Waals surface area contributed by atoms with Gasteiger partial charge in [0.15, 0.2) is 16.1 Å². The van der Waals surface area contributed by atoms with E-state index in [0.717, 1.165) is 23.4 Å². The van der Waals surface area contributed by atoms with E-state index in [4.69, 9.17) is 4.74 Å². The van der Waals surface area contributed by atoms with Crippen LogP contribution in [0.5, 0.6) is 5.75 Å². The first-order valence-corrected chi connectivity index (χ1v) is 13.1. The molecular weight excluding hydrogens is 478 g/mol. The molecule has 2 aromatic carbocycles. The van der Waals surface area contributed by atoms with Crippen LogP contribution in [0.15, 0.2) is 77.8 Å². The van der Waals surface area contributed by atoms with Gasteiger partial charge in [0.25, 0.3) is 0 Å². The average Bonchev–Trinajstić information content (AvgIpc) is 3.51. The van der Waals surface area contributed by atoms with Gasteiger partial charge < -0.3 is 10.1 Å². The van der Waals surface area contributed by atoms with E-state index in [9.17, 15) is 4.79 Å². The molecule has 0 aliphatic heterocycles. The Morgan fingerprint density at radius 2 is 1.97 bits per heavy atom. The molecule has 4 rings (SSSR count). The quantitative estimate of drug-likeness (QED) is 0.203. The third kappa shape index (κ3) is 6.37. The number of nitrogens with zero attached hydrogens (tertiary/aromatic N) is 4. The Bertz CT molecular complexity index is 1270. The number of aromatic nitrogens is 4. The fourth-order valence-electron chi connectivity index (χ4n) is 3.29. The molecule has 35 heavy (non-hydrogen) atoms. The molecular formula is C26H27N5O2S2. The Hall–Kier alpha value is -3.43. The highest BCUT2D eigenvalue weighted by molar-refractivity contribution is 8.00. The molecule has 0 saturated carbocycles. The first-order chi connectivity index (χ1) is 17.1. The number of carbonyl (C=O) groups excluding carboxylic acids is 1. The van der Waals surface area contributed by atoms with Gasteiger partial charge in [0, 0.05) is 17.5 Å². The molecule has 7 nitrogen and oxygen atoms in total. The third-order valence-corrected chi connectivity index (χ3v) is 7.10. The molecule has 2 heterocycles. The molecule has 0 saturated heterocycles. The van der Waals surface area contributed by atoms with Crippen molar-refractivity contribution in [2.24, 2.45) is 0 Å². The predicted octanol–water partition coefficient (Wildman–Crippen LogP) is 5.85. The second-order valence-corrected chi connectivity index (χ2v) is 9.90. The highest BCUT2D eigenvalue weighted by atomic mass is 32.2. The van der Waals surface area contributed by atoms with Gasteiger partial charge in [0.1, 0.15) is 12.4 Å². The van der Waals surface area contributed by atoms with Crippen LogP contribution in [-0.4, -0.2) is 30.9 Å². The lowest BCUT2D eigenvalue weighted by molar-refractivity contribution is -0.115. The standard InChI is InChI=1S/C26H27N5O2S2/c1-4-15-31-23(16-33-21-13-11-19(5-2)12-14-21)29-30-26(31)35-18(3)24(32)28-25-27-22(17-34-25)20-9-7-6-8-10-20/h4,6-14,17-18H,1,5,15-16H2,2-3H3,(H,27,28,32)/t18-/m0/s1. The first-order valence-electron chi connectivity index (χ1n) is 11.3. The minimum Gasteiger partial charge on any atom is -0.486 e. The van der Waals surface area contributed by atoms with Crippen LogP contribution >= 0.6 is 23.1 Å². The maximum absolute atomic E-state index is 12.8. The lowest BCUT2D eigenvalue weighted by Crippen LogP contribution is -2.23. The highest BCUT2D eigenvalue weighted by Gasteiger charge is 2.21. The molecule has 0 aliphatic carbocycles. The first kappa shape index (κ1) is 24.7. The van der Waals surface area contributed by atoms with Crippen molar-refractivity contribution >= 4 is 34.1 Å². The third-order valence-electron chi connectivity index (χ3n) is 5.26. The molecule has 180 valence electrons. The topological polar surface area (TPSA) is 81.9 Å². The number of ether oxygens (including phenoxy) is 1. The summed E-state index contributed by atoms with van der Waals surface area (Å²) in [6.45, 7) is 8.59. The number of amides is 1. The zero-order valence-corrected chi connectivity index (χ0v) is 21.3. The number of hydrogen-bond acceptors (Lipinski definition) is 7. The Morgan fingerprint density at radius 3 is 2.69 bits per heavy atom. The molecule has 0 radical (unpaired) electrons. The molecule has 0 bridgehead atoms. The number of thiazole rings is 1. The van der Waals surface area contributed by atoms with Gasteiger partial charge in [0.05, 0.1) is 10.9 Å². The number of hydrogen-bond donors (Lipinski definition) is 1. The van der Waals surface area contributed by atoms with Crippen LogP contribution in [0.4, 0.5) is 5.13 Å². The molecule has 0 fully saturated rings. The Morgan fingerprint density at radius 1 is 1.20 bits per heavy atom. The summed E-state index contributed by atoms with van der Waals surface area (Å²) in [6.07, 6.45) is 2.76. The summed E-state index contributed by atoms with van der Waals surface area (Å²) in [7, 11) is 0. The van der Waals surface area contributed by atoms with Crippen molar-refractivity contribution in [2.45, 2.75) is 43.8 Å². The van der Waals surface area contributed by atoms with Crippen molar-refractivity contribution in [3.8, 4) is 17.0 Å². The van der Waals surface area contributed by atoms with E-state index < -0.39 is 5.25 Å². The number of aryl methyl sites for hydroxylation is 1. The van der Waals surface area contributed by atoms with Crippen LogP contribution in [0.2, 0.25) is 0 Å². The average molecular weight is 506 g/mol. The van der Waals surface area contributed by atoms with Crippen LogP contribution in [-0.2, 0) is 24.4 Å². The molecule has 1 N–H and O–H groups in total. The Kier molecular flexibility index (Phi) is 8.33. The van der Waals surface area contributed by atoms with Crippen LogP contribution in [0.3, 0.4) is 0 Å². The van der Waals surface area contributed by atoms with Gasteiger partial charge >= 0.3 is 0 Å². The van der Waals surface area contributed by atoms with E-state index in [0.29, 0.717) is 22.7 Å². The molecule has 0 aliphatic rings. The molecule has 0 unspecified atom stereocenters. The monoisotopic (exact) mass is 505 g/mol. The lowest BCUT2D eigenvalue weighted by atomic mass is 10.2. The minimum absolute atomic E-state index is 0.147. The number of carbonyl (C=O) groups is 1. The van der Waals surface area contributed by atoms with Crippen molar-refractivity contribution in [2.75, 3.05) is 5.32 Å². The summed E-state index contributed by atoms with van der Waals surface area (Å²) in [6, 6.07) is 17.9. The number of anilines is 1. The fourth-order valence-corrected chi connectivity index (χ4v) is 4.89. The van der Waals surface area contributed by atoms with E-state index >= 15 is 0 Å². The second kappa shape index (κ2) is 11.8. The van der Waals surface area contributed by atoms with Crippen LogP contribution in [0, 0.1) is 0 Å². The number of benzene rings is 2. The molecule has 1 amide bonds. The van der Waals surface area contributed by atoms with E-state index in [1.807, 2.05) is 59.3 Å². The SMILES string of the molecule is C=CCn1c(COc2ccc(CC)cc2)nnc1S[C@@H](C)C(=O)Nc1nc(-c2ccccc2)cs1. The summed E-state index contributed by atoms with van der Waals surface area (Å²) < 4.78 is 7.82. The van der Waals surface area contributed by atoms with E-state index in [1.54, 1.807) is 6.08 Å². The Labute approximate surface area is 213 Å². The summed E-state index contributed by atoms with van der Waals surface area (Å²) in [5.74, 6) is 1.30. The predicted molar refractivity (Wildman–Crippen MR) is 142 cm³/mol. The summed E-state index contributed by atoms with van der Waals surface area (Å²) in [5.41, 5.74) is 3.11.